The summed E-state index contributed by atoms with van der Waals surface area (Å²) in [5, 5.41) is 9.28. The number of hydrogen-bond acceptors (Lipinski definition) is 5. The first-order chi connectivity index (χ1) is 9.23. The van der Waals surface area contributed by atoms with Crippen LogP contribution in [0.25, 0.3) is 11.1 Å². The topological polar surface area (TPSA) is 88.5 Å². The van der Waals surface area contributed by atoms with E-state index in [0.717, 1.165) is 36.1 Å². The van der Waals surface area contributed by atoms with Crippen LogP contribution < -0.4 is 5.73 Å². The number of nitrogen functional groups attached to an aromatic ring is 1. The van der Waals surface area contributed by atoms with Crippen LogP contribution in [0.1, 0.15) is 25.0 Å². The van der Waals surface area contributed by atoms with E-state index in [1.165, 1.54) is 0 Å². The van der Waals surface area contributed by atoms with Gasteiger partial charge in [0, 0.05) is 29.7 Å². The number of nitriles is 1. The quantitative estimate of drug-likeness (QED) is 0.882. The zero-order chi connectivity index (χ0) is 13.3. The summed E-state index contributed by atoms with van der Waals surface area (Å²) in [7, 11) is 0. The Morgan fingerprint density at radius 3 is 2.21 bits per heavy atom. The van der Waals surface area contributed by atoms with Crippen molar-refractivity contribution >= 4 is 5.95 Å². The summed E-state index contributed by atoms with van der Waals surface area (Å²) in [4.78, 5) is 12.3. The van der Waals surface area contributed by atoms with Gasteiger partial charge in [-0.3, -0.25) is 4.98 Å². The van der Waals surface area contributed by atoms with Gasteiger partial charge in [0.2, 0.25) is 5.95 Å². The minimum atomic E-state index is -0.365. The molecular weight excluding hydrogens is 238 g/mol. The van der Waals surface area contributed by atoms with Crippen LogP contribution in [0, 0.1) is 11.3 Å². The van der Waals surface area contributed by atoms with Gasteiger partial charge in [0.15, 0.2) is 0 Å². The molecule has 0 bridgehead atoms. The van der Waals surface area contributed by atoms with Crippen molar-refractivity contribution in [2.24, 2.45) is 0 Å². The number of aromatic nitrogens is 3. The van der Waals surface area contributed by atoms with E-state index in [1.807, 2.05) is 12.1 Å². The molecule has 1 aliphatic rings. The summed E-state index contributed by atoms with van der Waals surface area (Å²) < 4.78 is 0. The van der Waals surface area contributed by atoms with E-state index in [4.69, 9.17) is 5.73 Å². The van der Waals surface area contributed by atoms with Gasteiger partial charge < -0.3 is 5.73 Å². The van der Waals surface area contributed by atoms with Crippen LogP contribution in [0.5, 0.6) is 0 Å². The molecule has 2 heterocycles. The van der Waals surface area contributed by atoms with Crippen molar-refractivity contribution in [2.45, 2.75) is 24.7 Å². The molecule has 1 saturated carbocycles. The van der Waals surface area contributed by atoms with Crippen molar-refractivity contribution in [3.05, 3.63) is 36.4 Å². The molecule has 0 amide bonds. The predicted molar refractivity (Wildman–Crippen MR) is 70.8 cm³/mol. The third kappa shape index (κ3) is 1.91. The van der Waals surface area contributed by atoms with Crippen molar-refractivity contribution in [2.75, 3.05) is 5.73 Å². The molecule has 1 aliphatic carbocycles. The number of anilines is 1. The van der Waals surface area contributed by atoms with Crippen molar-refractivity contribution in [3.8, 4) is 17.2 Å². The highest BCUT2D eigenvalue weighted by Crippen LogP contribution is 2.42. The summed E-state index contributed by atoms with van der Waals surface area (Å²) in [5.74, 6) is 0.256. The average molecular weight is 251 g/mol. The van der Waals surface area contributed by atoms with Gasteiger partial charge in [-0.25, -0.2) is 9.97 Å². The zero-order valence-corrected chi connectivity index (χ0v) is 10.4. The summed E-state index contributed by atoms with van der Waals surface area (Å²) in [6.07, 6.45) is 8.01. The molecular formula is C14H13N5. The molecule has 19 heavy (non-hydrogen) atoms. The van der Waals surface area contributed by atoms with Crippen LogP contribution in [0.4, 0.5) is 5.95 Å². The molecule has 0 saturated heterocycles. The fraction of sp³-hybridized carbons (Fsp3) is 0.286. The average Bonchev–Trinajstić information content (AvgIpc) is 2.40. The molecule has 2 aromatic heterocycles. The Hall–Kier alpha value is -2.48. The van der Waals surface area contributed by atoms with Gasteiger partial charge in [-0.2, -0.15) is 5.26 Å². The third-order valence-electron chi connectivity index (χ3n) is 3.68. The summed E-state index contributed by atoms with van der Waals surface area (Å²) in [6, 6.07) is 6.27. The van der Waals surface area contributed by atoms with E-state index in [9.17, 15) is 5.26 Å². The van der Waals surface area contributed by atoms with E-state index in [2.05, 4.69) is 21.0 Å². The van der Waals surface area contributed by atoms with Crippen molar-refractivity contribution in [1.29, 1.82) is 5.26 Å². The van der Waals surface area contributed by atoms with Crippen molar-refractivity contribution in [1.82, 2.24) is 15.0 Å². The highest BCUT2D eigenvalue weighted by atomic mass is 15.0. The van der Waals surface area contributed by atoms with Gasteiger partial charge >= 0.3 is 0 Å². The molecule has 94 valence electrons. The molecule has 0 atom stereocenters. The van der Waals surface area contributed by atoms with E-state index in [0.29, 0.717) is 0 Å². The predicted octanol–water partition coefficient (Wildman–Crippen LogP) is 2.07. The van der Waals surface area contributed by atoms with E-state index >= 15 is 0 Å². The number of pyridine rings is 1. The lowest BCUT2D eigenvalue weighted by Crippen LogP contribution is -2.33. The normalized spacial score (nSPS) is 16.4. The summed E-state index contributed by atoms with van der Waals surface area (Å²) in [5.41, 5.74) is 7.75. The smallest absolute Gasteiger partial charge is 0.219 e. The second kappa shape index (κ2) is 4.32. The Morgan fingerprint density at radius 2 is 1.74 bits per heavy atom. The molecule has 2 N–H and O–H groups in total. The molecule has 5 nitrogen and oxygen atoms in total. The molecule has 0 radical (unpaired) electrons. The van der Waals surface area contributed by atoms with Gasteiger partial charge in [0.05, 0.1) is 17.2 Å². The molecule has 3 rings (SSSR count). The van der Waals surface area contributed by atoms with Crippen LogP contribution in [-0.2, 0) is 5.41 Å². The molecule has 0 unspecified atom stereocenters. The summed E-state index contributed by atoms with van der Waals surface area (Å²) in [6.45, 7) is 0. The lowest BCUT2D eigenvalue weighted by Gasteiger charge is -2.34. The first-order valence-electron chi connectivity index (χ1n) is 6.19. The highest BCUT2D eigenvalue weighted by Gasteiger charge is 2.40. The molecule has 5 heteroatoms. The first kappa shape index (κ1) is 11.6. The zero-order valence-electron chi connectivity index (χ0n) is 10.4. The van der Waals surface area contributed by atoms with Crippen LogP contribution in [0.2, 0.25) is 0 Å². The summed E-state index contributed by atoms with van der Waals surface area (Å²) >= 11 is 0. The number of hydrogen-bond donors (Lipinski definition) is 1. The maximum absolute atomic E-state index is 9.28. The number of nitrogens with two attached hydrogens (primary N) is 1. The van der Waals surface area contributed by atoms with E-state index < -0.39 is 0 Å². The second-order valence-corrected chi connectivity index (χ2v) is 4.81. The van der Waals surface area contributed by atoms with E-state index in [1.54, 1.807) is 18.6 Å². The molecule has 0 aliphatic heterocycles. The largest absolute Gasteiger partial charge is 0.368 e. The Bertz CT molecular complexity index is 620. The fourth-order valence-corrected chi connectivity index (χ4v) is 2.29. The maximum Gasteiger partial charge on any atom is 0.219 e. The lowest BCUT2D eigenvalue weighted by molar-refractivity contribution is 0.316. The Labute approximate surface area is 111 Å². The van der Waals surface area contributed by atoms with Crippen LogP contribution in [0.3, 0.4) is 0 Å². The third-order valence-corrected chi connectivity index (χ3v) is 3.68. The molecule has 2 aromatic rings. The van der Waals surface area contributed by atoms with Gasteiger partial charge in [-0.15, -0.1) is 0 Å². The Kier molecular flexibility index (Phi) is 2.64. The van der Waals surface area contributed by atoms with Gasteiger partial charge in [-0.1, -0.05) is 6.07 Å². The van der Waals surface area contributed by atoms with Crippen molar-refractivity contribution < 1.29 is 0 Å². The first-order valence-corrected chi connectivity index (χ1v) is 6.19. The second-order valence-electron chi connectivity index (χ2n) is 4.81. The minimum Gasteiger partial charge on any atom is -0.368 e. The monoisotopic (exact) mass is 251 g/mol. The fourth-order valence-electron chi connectivity index (χ4n) is 2.29. The maximum atomic E-state index is 9.28. The van der Waals surface area contributed by atoms with Crippen LogP contribution in [-0.4, -0.2) is 15.0 Å². The molecule has 1 fully saturated rings. The van der Waals surface area contributed by atoms with E-state index in [-0.39, 0.29) is 11.4 Å². The molecule has 0 spiro atoms. The van der Waals surface area contributed by atoms with Gasteiger partial charge in [-0.05, 0) is 25.3 Å². The highest BCUT2D eigenvalue weighted by molar-refractivity contribution is 5.61. The van der Waals surface area contributed by atoms with Crippen molar-refractivity contribution in [3.63, 3.8) is 0 Å². The van der Waals surface area contributed by atoms with Gasteiger partial charge in [0.25, 0.3) is 0 Å². The SMILES string of the molecule is N#CC1(c2ccc(-c3cnc(N)nc3)cn2)CCC1. The standard InChI is InChI=1S/C14H13N5/c15-9-14(4-1-5-14)12-3-2-10(6-17-12)11-7-18-13(16)19-8-11/h2-3,6-8H,1,4-5H2,(H2,16,18,19). The van der Waals surface area contributed by atoms with Crippen LogP contribution in [0.15, 0.2) is 30.7 Å². The Balaban J connectivity index is 1.91. The lowest BCUT2D eigenvalue weighted by atomic mass is 9.67. The Morgan fingerprint density at radius 1 is 1.05 bits per heavy atom. The number of rotatable bonds is 2. The molecule has 0 aromatic carbocycles. The number of nitrogens with zero attached hydrogens (tertiary/aromatic N) is 4. The van der Waals surface area contributed by atoms with Crippen LogP contribution >= 0.6 is 0 Å². The van der Waals surface area contributed by atoms with Gasteiger partial charge in [0.1, 0.15) is 0 Å². The minimum absolute atomic E-state index is 0.256.